The van der Waals surface area contributed by atoms with Gasteiger partial charge in [0.15, 0.2) is 11.6 Å². The Labute approximate surface area is 216 Å². The molecule has 3 N–H and O–H groups in total. The summed E-state index contributed by atoms with van der Waals surface area (Å²) in [7, 11) is 1.60. The van der Waals surface area contributed by atoms with Gasteiger partial charge in [-0.1, -0.05) is 24.3 Å². The lowest BCUT2D eigenvalue weighted by molar-refractivity contribution is -0.119. The molecule has 38 heavy (non-hydrogen) atoms. The van der Waals surface area contributed by atoms with E-state index in [-0.39, 0.29) is 23.7 Å². The number of carbonyl (C=O) groups excluding carboxylic acids is 2. The maximum Gasteiger partial charge on any atom is 0.325 e. The zero-order valence-electron chi connectivity index (χ0n) is 20.2. The van der Waals surface area contributed by atoms with Gasteiger partial charge >= 0.3 is 6.03 Å². The predicted octanol–water partition coefficient (Wildman–Crippen LogP) is 5.06. The molecule has 1 aromatic heterocycles. The minimum atomic E-state index is -0.839. The zero-order valence-corrected chi connectivity index (χ0v) is 20.2. The van der Waals surface area contributed by atoms with Crippen LogP contribution in [0.1, 0.15) is 11.1 Å². The molecule has 3 aromatic carbocycles. The predicted molar refractivity (Wildman–Crippen MR) is 136 cm³/mol. The second-order valence-electron chi connectivity index (χ2n) is 7.97. The number of ether oxygens (including phenoxy) is 2. The summed E-state index contributed by atoms with van der Waals surface area (Å²) in [6.07, 6.45) is 1.35. The molecule has 0 unspecified atom stereocenters. The monoisotopic (exact) mass is 519 g/mol. The fourth-order valence-corrected chi connectivity index (χ4v) is 3.30. The third kappa shape index (κ3) is 7.47. The van der Waals surface area contributed by atoms with E-state index in [1.165, 1.54) is 48.7 Å². The van der Waals surface area contributed by atoms with Crippen LogP contribution < -0.4 is 25.4 Å². The van der Waals surface area contributed by atoms with E-state index in [1.54, 1.807) is 7.11 Å². The Bertz CT molecular complexity index is 1420. The first-order valence-corrected chi connectivity index (χ1v) is 11.4. The number of carbonyl (C=O) groups is 2. The number of rotatable bonds is 9. The molecular weight excluding hydrogens is 496 g/mol. The van der Waals surface area contributed by atoms with Gasteiger partial charge in [0.1, 0.15) is 11.6 Å². The second-order valence-corrected chi connectivity index (χ2v) is 7.97. The average Bonchev–Trinajstić information content (AvgIpc) is 2.91. The van der Waals surface area contributed by atoms with Crippen LogP contribution in [0.4, 0.5) is 25.2 Å². The first-order chi connectivity index (χ1) is 18.4. The molecule has 0 atom stereocenters. The number of urea groups is 1. The number of imide groups is 1. The molecule has 4 aromatic rings. The number of nitrogens with one attached hydrogen (secondary N) is 3. The zero-order chi connectivity index (χ0) is 26.9. The molecule has 3 amide bonds. The van der Waals surface area contributed by atoms with Crippen molar-refractivity contribution in [3.8, 4) is 17.4 Å². The average molecular weight is 520 g/mol. The van der Waals surface area contributed by atoms with E-state index in [2.05, 4.69) is 25.9 Å². The summed E-state index contributed by atoms with van der Waals surface area (Å²) in [6.45, 7) is 0.455. The summed E-state index contributed by atoms with van der Waals surface area (Å²) >= 11 is 0. The smallest absolute Gasteiger partial charge is 0.325 e. The number of hydrogen-bond donors (Lipinski definition) is 3. The van der Waals surface area contributed by atoms with E-state index in [1.807, 2.05) is 24.3 Å². The molecule has 11 heteroatoms. The van der Waals surface area contributed by atoms with Crippen LogP contribution in [0.3, 0.4) is 0 Å². The van der Waals surface area contributed by atoms with Crippen molar-refractivity contribution in [3.05, 3.63) is 102 Å². The summed E-state index contributed by atoms with van der Waals surface area (Å²) in [4.78, 5) is 32.5. The Hall–Kier alpha value is -5.06. The Balaban J connectivity index is 1.30. The van der Waals surface area contributed by atoms with Gasteiger partial charge in [0.25, 0.3) is 0 Å². The van der Waals surface area contributed by atoms with Crippen molar-refractivity contribution in [2.24, 2.45) is 0 Å². The minimum Gasteiger partial charge on any atom is -0.497 e. The lowest BCUT2D eigenvalue weighted by atomic mass is 10.1. The molecule has 0 spiro atoms. The molecule has 9 nitrogen and oxygen atoms in total. The second kappa shape index (κ2) is 12.3. The highest BCUT2D eigenvalue weighted by Crippen LogP contribution is 2.26. The minimum absolute atomic E-state index is 0.103. The van der Waals surface area contributed by atoms with E-state index >= 15 is 0 Å². The summed E-state index contributed by atoms with van der Waals surface area (Å²) in [5, 5.41) is 7.58. The van der Waals surface area contributed by atoms with Crippen LogP contribution in [-0.4, -0.2) is 29.0 Å². The van der Waals surface area contributed by atoms with Crippen molar-refractivity contribution in [2.75, 3.05) is 17.7 Å². The number of nitrogens with zero attached hydrogens (tertiary/aromatic N) is 2. The fourth-order valence-electron chi connectivity index (χ4n) is 3.30. The van der Waals surface area contributed by atoms with Crippen LogP contribution in [0, 0.1) is 11.6 Å². The van der Waals surface area contributed by atoms with Gasteiger partial charge in [0, 0.05) is 30.6 Å². The third-order valence-electron chi connectivity index (χ3n) is 5.17. The highest BCUT2D eigenvalue weighted by Gasteiger charge is 2.12. The summed E-state index contributed by atoms with van der Waals surface area (Å²) in [5.74, 6) is -0.757. The Morgan fingerprint density at radius 2 is 1.66 bits per heavy atom. The topological polar surface area (TPSA) is 114 Å². The number of halogens is 2. The van der Waals surface area contributed by atoms with Crippen LogP contribution in [0.15, 0.2) is 79.0 Å². The molecule has 194 valence electrons. The van der Waals surface area contributed by atoms with Gasteiger partial charge in [-0.05, 0) is 47.5 Å². The van der Waals surface area contributed by atoms with Crippen LogP contribution >= 0.6 is 0 Å². The lowest BCUT2D eigenvalue weighted by Gasteiger charge is -2.11. The Kier molecular flexibility index (Phi) is 8.39. The first kappa shape index (κ1) is 26.0. The van der Waals surface area contributed by atoms with E-state index in [4.69, 9.17) is 9.47 Å². The number of methoxy groups -OCH3 is 1. The molecule has 0 saturated carbocycles. The summed E-state index contributed by atoms with van der Waals surface area (Å²) in [6, 6.07) is 17.2. The Morgan fingerprint density at radius 3 is 2.37 bits per heavy atom. The normalized spacial score (nSPS) is 10.4. The van der Waals surface area contributed by atoms with Crippen LogP contribution in [0.25, 0.3) is 0 Å². The van der Waals surface area contributed by atoms with Crippen molar-refractivity contribution in [3.63, 3.8) is 0 Å². The fraction of sp³-hybridized carbons (Fsp3) is 0.111. The Morgan fingerprint density at radius 1 is 0.921 bits per heavy atom. The molecule has 4 rings (SSSR count). The lowest BCUT2D eigenvalue weighted by Crippen LogP contribution is -2.35. The van der Waals surface area contributed by atoms with E-state index in [0.717, 1.165) is 17.4 Å². The van der Waals surface area contributed by atoms with Crippen molar-refractivity contribution in [1.29, 1.82) is 0 Å². The highest BCUT2D eigenvalue weighted by atomic mass is 19.1. The molecule has 0 radical (unpaired) electrons. The molecule has 0 fully saturated rings. The standard InChI is InChI=1S/C27H23F2N5O4/c1-37-21-9-4-18(5-10-21)16-31-26-30-13-12-25(34-26)38-23-11-8-20(15-22(23)29)32-27(36)33-24(35)14-17-2-6-19(28)7-3-17/h2-13,15H,14,16H2,1H3,(H,30,31,34)(H2,32,33,35,36). The SMILES string of the molecule is COc1ccc(CNc2nccc(Oc3ccc(NC(=O)NC(=O)Cc4ccc(F)cc4)cc3F)n2)cc1. The largest absolute Gasteiger partial charge is 0.497 e. The van der Waals surface area contributed by atoms with E-state index in [9.17, 15) is 18.4 Å². The van der Waals surface area contributed by atoms with Crippen molar-refractivity contribution in [2.45, 2.75) is 13.0 Å². The van der Waals surface area contributed by atoms with Crippen LogP contribution in [-0.2, 0) is 17.8 Å². The number of benzene rings is 3. The van der Waals surface area contributed by atoms with E-state index in [0.29, 0.717) is 18.1 Å². The number of amides is 3. The van der Waals surface area contributed by atoms with Gasteiger partial charge in [0.2, 0.25) is 17.7 Å². The first-order valence-electron chi connectivity index (χ1n) is 11.4. The van der Waals surface area contributed by atoms with Crippen molar-refractivity contribution in [1.82, 2.24) is 15.3 Å². The quantitative estimate of drug-likeness (QED) is 0.283. The molecule has 0 aliphatic rings. The van der Waals surface area contributed by atoms with Gasteiger partial charge in [-0.25, -0.2) is 18.6 Å². The van der Waals surface area contributed by atoms with E-state index < -0.39 is 23.6 Å². The number of aromatic nitrogens is 2. The summed E-state index contributed by atoms with van der Waals surface area (Å²) < 4.78 is 38.3. The van der Waals surface area contributed by atoms with Gasteiger partial charge in [-0.15, -0.1) is 0 Å². The number of hydrogen-bond acceptors (Lipinski definition) is 7. The summed E-state index contributed by atoms with van der Waals surface area (Å²) in [5.41, 5.74) is 1.62. The third-order valence-corrected chi connectivity index (χ3v) is 5.17. The molecule has 1 heterocycles. The van der Waals surface area contributed by atoms with Gasteiger partial charge < -0.3 is 20.1 Å². The maximum absolute atomic E-state index is 14.6. The molecular formula is C27H23F2N5O4. The molecule has 0 bridgehead atoms. The van der Waals surface area contributed by atoms with Gasteiger partial charge in [-0.3, -0.25) is 10.1 Å². The molecule has 0 saturated heterocycles. The van der Waals surface area contributed by atoms with Gasteiger partial charge in [-0.2, -0.15) is 4.98 Å². The maximum atomic E-state index is 14.6. The highest BCUT2D eigenvalue weighted by molar-refractivity contribution is 6.01. The van der Waals surface area contributed by atoms with Crippen molar-refractivity contribution < 1.29 is 27.8 Å². The van der Waals surface area contributed by atoms with Crippen LogP contribution in [0.2, 0.25) is 0 Å². The van der Waals surface area contributed by atoms with Gasteiger partial charge in [0.05, 0.1) is 13.5 Å². The van der Waals surface area contributed by atoms with Crippen LogP contribution in [0.5, 0.6) is 17.4 Å². The molecule has 0 aliphatic carbocycles. The van der Waals surface area contributed by atoms with Crippen molar-refractivity contribution >= 4 is 23.6 Å². The number of anilines is 2. The molecule has 0 aliphatic heterocycles.